The molecule has 0 aliphatic rings. The van der Waals surface area contributed by atoms with E-state index in [1.165, 1.54) is 7.11 Å². The van der Waals surface area contributed by atoms with Crippen LogP contribution in [0.1, 0.15) is 26.2 Å². The molecule has 0 fully saturated rings. The average molecular weight is 296 g/mol. The third-order valence-electron chi connectivity index (χ3n) is 2.13. The molecule has 0 bridgehead atoms. The second-order valence-electron chi connectivity index (χ2n) is 3.39. The minimum Gasteiger partial charge on any atom is -0.467 e. The Morgan fingerprint density at radius 1 is 1.38 bits per heavy atom. The Morgan fingerprint density at radius 2 is 2.00 bits per heavy atom. The highest BCUT2D eigenvalue weighted by atomic mass is 79.9. The molecule has 94 valence electrons. The van der Waals surface area contributed by atoms with Crippen molar-refractivity contribution in [1.29, 1.82) is 0 Å². The van der Waals surface area contributed by atoms with Gasteiger partial charge in [0.2, 0.25) is 5.54 Å². The number of carbonyl (C=O) groups excluding carboxylic acids is 2. The molecule has 0 aliphatic carbocycles. The number of esters is 2. The Morgan fingerprint density at radius 3 is 2.44 bits per heavy atom. The monoisotopic (exact) mass is 295 g/mol. The predicted octanol–water partition coefficient (Wildman–Crippen LogP) is 0.985. The van der Waals surface area contributed by atoms with Crippen LogP contribution in [0.15, 0.2) is 0 Å². The smallest absolute Gasteiger partial charge is 0.337 e. The van der Waals surface area contributed by atoms with Gasteiger partial charge in [-0.05, 0) is 12.8 Å². The van der Waals surface area contributed by atoms with Crippen LogP contribution in [0.3, 0.4) is 0 Å². The maximum absolute atomic E-state index is 11.7. The maximum Gasteiger partial charge on any atom is 0.337 e. The SMILES string of the molecule is CCCCOC(=O)C(N)(CCBr)C(=O)OC. The number of methoxy groups -OCH3 is 1. The van der Waals surface area contributed by atoms with Gasteiger partial charge in [-0.25, -0.2) is 9.59 Å². The molecule has 16 heavy (non-hydrogen) atoms. The summed E-state index contributed by atoms with van der Waals surface area (Å²) < 4.78 is 9.45. The van der Waals surface area contributed by atoms with Gasteiger partial charge in [-0.2, -0.15) is 0 Å². The molecule has 0 aromatic heterocycles. The standard InChI is InChI=1S/C10H18BrNO4/c1-3-4-7-16-9(14)10(12,5-6-11)8(13)15-2/h3-7,12H2,1-2H3. The minimum absolute atomic E-state index is 0.143. The van der Waals surface area contributed by atoms with Crippen LogP contribution in [0.5, 0.6) is 0 Å². The average Bonchev–Trinajstić information content (AvgIpc) is 2.28. The number of halogens is 1. The van der Waals surface area contributed by atoms with E-state index in [0.717, 1.165) is 12.8 Å². The summed E-state index contributed by atoms with van der Waals surface area (Å²) in [5.74, 6) is -1.50. The summed E-state index contributed by atoms with van der Waals surface area (Å²) in [7, 11) is 1.19. The lowest BCUT2D eigenvalue weighted by Gasteiger charge is -2.23. The first kappa shape index (κ1) is 15.4. The van der Waals surface area contributed by atoms with Crippen LogP contribution in [-0.4, -0.2) is 36.5 Å². The third-order valence-corrected chi connectivity index (χ3v) is 2.53. The van der Waals surface area contributed by atoms with E-state index in [1.807, 2.05) is 6.92 Å². The Bertz CT molecular complexity index is 247. The quantitative estimate of drug-likeness (QED) is 0.328. The van der Waals surface area contributed by atoms with Gasteiger partial charge in [0.1, 0.15) is 0 Å². The van der Waals surface area contributed by atoms with Crippen molar-refractivity contribution in [3.63, 3.8) is 0 Å². The van der Waals surface area contributed by atoms with Gasteiger partial charge in [-0.3, -0.25) is 0 Å². The van der Waals surface area contributed by atoms with Crippen molar-refractivity contribution in [3.8, 4) is 0 Å². The summed E-state index contributed by atoms with van der Waals surface area (Å²) in [6.45, 7) is 2.25. The highest BCUT2D eigenvalue weighted by Gasteiger charge is 2.44. The topological polar surface area (TPSA) is 78.6 Å². The number of nitrogens with two attached hydrogens (primary N) is 1. The number of alkyl halides is 1. The predicted molar refractivity (Wildman–Crippen MR) is 63.2 cm³/mol. The first-order valence-electron chi connectivity index (χ1n) is 5.13. The van der Waals surface area contributed by atoms with Gasteiger partial charge in [-0.1, -0.05) is 29.3 Å². The van der Waals surface area contributed by atoms with Gasteiger partial charge in [0.15, 0.2) is 0 Å². The van der Waals surface area contributed by atoms with E-state index >= 15 is 0 Å². The van der Waals surface area contributed by atoms with Crippen molar-refractivity contribution < 1.29 is 19.1 Å². The van der Waals surface area contributed by atoms with Crippen molar-refractivity contribution in [2.24, 2.45) is 5.73 Å². The normalized spacial score (nSPS) is 14.0. The van der Waals surface area contributed by atoms with E-state index in [1.54, 1.807) is 0 Å². The Balaban J connectivity index is 4.50. The molecule has 6 heteroatoms. The fourth-order valence-corrected chi connectivity index (χ4v) is 1.68. The Kier molecular flexibility index (Phi) is 7.33. The fraction of sp³-hybridized carbons (Fsp3) is 0.800. The van der Waals surface area contributed by atoms with Crippen molar-refractivity contribution in [1.82, 2.24) is 0 Å². The van der Waals surface area contributed by atoms with Crippen LogP contribution < -0.4 is 5.73 Å². The first-order chi connectivity index (χ1) is 7.52. The van der Waals surface area contributed by atoms with Gasteiger partial charge in [0.25, 0.3) is 0 Å². The van der Waals surface area contributed by atoms with Crippen LogP contribution in [-0.2, 0) is 19.1 Å². The van der Waals surface area contributed by atoms with Crippen molar-refractivity contribution in [3.05, 3.63) is 0 Å². The molecule has 0 rings (SSSR count). The van der Waals surface area contributed by atoms with E-state index in [9.17, 15) is 9.59 Å². The second kappa shape index (κ2) is 7.62. The highest BCUT2D eigenvalue weighted by molar-refractivity contribution is 9.09. The summed E-state index contributed by atoms with van der Waals surface area (Å²) >= 11 is 3.14. The van der Waals surface area contributed by atoms with Crippen LogP contribution in [0.4, 0.5) is 0 Å². The van der Waals surface area contributed by atoms with Crippen LogP contribution in [0, 0.1) is 0 Å². The summed E-state index contributed by atoms with van der Waals surface area (Å²) in [6.07, 6.45) is 1.80. The summed E-state index contributed by atoms with van der Waals surface area (Å²) in [5, 5.41) is 0.418. The van der Waals surface area contributed by atoms with Gasteiger partial charge >= 0.3 is 11.9 Å². The molecule has 0 aromatic carbocycles. The van der Waals surface area contributed by atoms with E-state index in [-0.39, 0.29) is 13.0 Å². The molecule has 1 atom stereocenters. The summed E-state index contributed by atoms with van der Waals surface area (Å²) in [5.41, 5.74) is 4.01. The van der Waals surface area contributed by atoms with Gasteiger partial charge in [-0.15, -0.1) is 0 Å². The lowest BCUT2D eigenvalue weighted by Crippen LogP contribution is -2.56. The Labute approximate surface area is 104 Å². The fourth-order valence-electron chi connectivity index (χ4n) is 1.06. The van der Waals surface area contributed by atoms with Crippen molar-refractivity contribution in [2.75, 3.05) is 19.0 Å². The van der Waals surface area contributed by atoms with E-state index < -0.39 is 17.5 Å². The zero-order valence-corrected chi connectivity index (χ0v) is 11.2. The molecule has 0 aliphatic heterocycles. The van der Waals surface area contributed by atoms with E-state index in [2.05, 4.69) is 20.7 Å². The molecule has 0 radical (unpaired) electrons. The number of hydrogen-bond donors (Lipinski definition) is 1. The molecule has 0 aromatic rings. The molecule has 1 unspecified atom stereocenters. The zero-order chi connectivity index (χ0) is 12.6. The molecule has 0 saturated heterocycles. The lowest BCUT2D eigenvalue weighted by atomic mass is 9.98. The molecular weight excluding hydrogens is 278 g/mol. The molecule has 2 N–H and O–H groups in total. The van der Waals surface area contributed by atoms with Crippen LogP contribution in [0.2, 0.25) is 0 Å². The Hall–Kier alpha value is -0.620. The van der Waals surface area contributed by atoms with Crippen LogP contribution >= 0.6 is 15.9 Å². The minimum atomic E-state index is -1.70. The lowest BCUT2D eigenvalue weighted by molar-refractivity contribution is -0.163. The number of rotatable bonds is 7. The largest absolute Gasteiger partial charge is 0.467 e. The van der Waals surface area contributed by atoms with E-state index in [0.29, 0.717) is 5.33 Å². The maximum atomic E-state index is 11.7. The van der Waals surface area contributed by atoms with Crippen LogP contribution in [0.25, 0.3) is 0 Å². The third kappa shape index (κ3) is 4.09. The number of carbonyl (C=O) groups is 2. The summed E-state index contributed by atoms with van der Waals surface area (Å²) in [6, 6.07) is 0. The number of unbranched alkanes of at least 4 members (excludes halogenated alkanes) is 1. The summed E-state index contributed by atoms with van der Waals surface area (Å²) in [4.78, 5) is 23.1. The number of ether oxygens (including phenoxy) is 2. The van der Waals surface area contributed by atoms with Gasteiger partial charge in [0.05, 0.1) is 13.7 Å². The molecular formula is C10H18BrNO4. The molecule has 5 nitrogen and oxygen atoms in total. The van der Waals surface area contributed by atoms with Crippen molar-refractivity contribution in [2.45, 2.75) is 31.7 Å². The van der Waals surface area contributed by atoms with Gasteiger partial charge in [0, 0.05) is 5.33 Å². The molecule has 0 amide bonds. The van der Waals surface area contributed by atoms with E-state index in [4.69, 9.17) is 10.5 Å². The molecule has 0 heterocycles. The molecule has 0 spiro atoms. The van der Waals surface area contributed by atoms with Gasteiger partial charge < -0.3 is 15.2 Å². The van der Waals surface area contributed by atoms with Crippen molar-refractivity contribution >= 4 is 27.9 Å². The zero-order valence-electron chi connectivity index (χ0n) is 9.62. The first-order valence-corrected chi connectivity index (χ1v) is 6.25. The highest BCUT2D eigenvalue weighted by Crippen LogP contribution is 2.13. The molecule has 0 saturated carbocycles. The second-order valence-corrected chi connectivity index (χ2v) is 4.18. The number of hydrogen-bond acceptors (Lipinski definition) is 5.